The van der Waals surface area contributed by atoms with Gasteiger partial charge in [-0.1, -0.05) is 31.4 Å². The number of benzene rings is 2. The summed E-state index contributed by atoms with van der Waals surface area (Å²) in [5.74, 6) is 2.32. The Hall–Kier alpha value is -2.69. The van der Waals surface area contributed by atoms with Gasteiger partial charge in [0.2, 0.25) is 0 Å². The molecule has 0 spiro atoms. The van der Waals surface area contributed by atoms with Crippen LogP contribution in [0, 0.1) is 0 Å². The minimum absolute atomic E-state index is 0.0663. The predicted octanol–water partition coefficient (Wildman–Crippen LogP) is 4.77. The summed E-state index contributed by atoms with van der Waals surface area (Å²) in [5.41, 5.74) is 1.92. The van der Waals surface area contributed by atoms with Gasteiger partial charge >= 0.3 is 0 Å². The molecule has 2 aromatic rings. The van der Waals surface area contributed by atoms with Crippen molar-refractivity contribution in [2.45, 2.75) is 38.0 Å². The highest BCUT2D eigenvalue weighted by Gasteiger charge is 2.15. The Morgan fingerprint density at radius 3 is 2.33 bits per heavy atom. The third-order valence-corrected chi connectivity index (χ3v) is 5.01. The molecular formula is C22H27NO4. The van der Waals surface area contributed by atoms with E-state index in [1.54, 1.807) is 32.4 Å². The number of amides is 1. The first-order valence-electron chi connectivity index (χ1n) is 9.44. The van der Waals surface area contributed by atoms with Gasteiger partial charge in [0.25, 0.3) is 5.91 Å². The highest BCUT2D eigenvalue weighted by Crippen LogP contribution is 2.33. The first kappa shape index (κ1) is 19.1. The number of methoxy groups -OCH3 is 2. The van der Waals surface area contributed by atoms with Crippen LogP contribution < -0.4 is 19.5 Å². The van der Waals surface area contributed by atoms with Crippen LogP contribution in [0.4, 0.5) is 5.69 Å². The summed E-state index contributed by atoms with van der Waals surface area (Å²) in [6, 6.07) is 13.4. The molecular weight excluding hydrogens is 342 g/mol. The zero-order valence-electron chi connectivity index (χ0n) is 16.0. The Balaban J connectivity index is 1.54. The Kier molecular flexibility index (Phi) is 6.58. The zero-order chi connectivity index (χ0) is 19.1. The molecule has 1 amide bonds. The molecule has 5 heteroatoms. The quantitative estimate of drug-likeness (QED) is 0.764. The van der Waals surface area contributed by atoms with E-state index >= 15 is 0 Å². The van der Waals surface area contributed by atoms with E-state index in [0.29, 0.717) is 28.9 Å². The largest absolute Gasteiger partial charge is 0.497 e. The number of hydrogen-bond donors (Lipinski definition) is 1. The van der Waals surface area contributed by atoms with Crippen molar-refractivity contribution in [3.8, 4) is 17.2 Å². The molecule has 144 valence electrons. The first-order chi connectivity index (χ1) is 13.2. The molecule has 27 heavy (non-hydrogen) atoms. The van der Waals surface area contributed by atoms with Crippen molar-refractivity contribution >= 4 is 11.6 Å². The fourth-order valence-electron chi connectivity index (χ4n) is 3.52. The summed E-state index contributed by atoms with van der Waals surface area (Å²) in [4.78, 5) is 12.2. The van der Waals surface area contributed by atoms with E-state index in [-0.39, 0.29) is 12.5 Å². The number of anilines is 1. The molecule has 0 unspecified atom stereocenters. The molecule has 0 bridgehead atoms. The van der Waals surface area contributed by atoms with E-state index in [0.717, 1.165) is 0 Å². The molecule has 1 N–H and O–H groups in total. The van der Waals surface area contributed by atoms with Gasteiger partial charge in [0, 0.05) is 6.07 Å². The lowest BCUT2D eigenvalue weighted by molar-refractivity contribution is -0.118. The molecule has 0 heterocycles. The van der Waals surface area contributed by atoms with Crippen molar-refractivity contribution < 1.29 is 19.0 Å². The van der Waals surface area contributed by atoms with Gasteiger partial charge in [0.15, 0.2) is 6.61 Å². The predicted molar refractivity (Wildman–Crippen MR) is 106 cm³/mol. The minimum Gasteiger partial charge on any atom is -0.497 e. The number of hydrogen-bond acceptors (Lipinski definition) is 4. The van der Waals surface area contributed by atoms with Gasteiger partial charge in [-0.2, -0.15) is 0 Å². The molecule has 1 saturated carbocycles. The number of carbonyl (C=O) groups excluding carboxylic acids is 1. The van der Waals surface area contributed by atoms with Crippen LogP contribution in [0.5, 0.6) is 17.2 Å². The van der Waals surface area contributed by atoms with E-state index in [1.807, 2.05) is 12.1 Å². The standard InChI is InChI=1S/C22H27NO4/c1-25-19-12-13-21(26-2)20(14-19)23-22(24)15-27-18-10-8-17(9-11-18)16-6-4-3-5-7-16/h8-14,16H,3-7,15H2,1-2H3,(H,23,24). The summed E-state index contributed by atoms with van der Waals surface area (Å²) in [7, 11) is 3.13. The molecule has 3 rings (SSSR count). The summed E-state index contributed by atoms with van der Waals surface area (Å²) in [6.45, 7) is -0.0663. The summed E-state index contributed by atoms with van der Waals surface area (Å²) >= 11 is 0. The van der Waals surface area contributed by atoms with E-state index in [2.05, 4.69) is 17.4 Å². The molecule has 1 fully saturated rings. The third-order valence-electron chi connectivity index (χ3n) is 5.01. The molecule has 0 atom stereocenters. The van der Waals surface area contributed by atoms with Gasteiger partial charge in [0.1, 0.15) is 17.2 Å². The summed E-state index contributed by atoms with van der Waals surface area (Å²) in [6.07, 6.45) is 6.52. The third kappa shape index (κ3) is 5.16. The van der Waals surface area contributed by atoms with Crippen LogP contribution in [0.1, 0.15) is 43.6 Å². The van der Waals surface area contributed by atoms with Crippen molar-refractivity contribution in [3.05, 3.63) is 48.0 Å². The Labute approximate surface area is 160 Å². The monoisotopic (exact) mass is 369 g/mol. The fourth-order valence-corrected chi connectivity index (χ4v) is 3.52. The van der Waals surface area contributed by atoms with Crippen LogP contribution >= 0.6 is 0 Å². The number of ether oxygens (including phenoxy) is 3. The van der Waals surface area contributed by atoms with Gasteiger partial charge in [-0.05, 0) is 48.6 Å². The average molecular weight is 369 g/mol. The molecule has 0 radical (unpaired) electrons. The zero-order valence-corrected chi connectivity index (χ0v) is 16.0. The fraction of sp³-hybridized carbons (Fsp3) is 0.409. The SMILES string of the molecule is COc1ccc(OC)c(NC(=O)COc2ccc(C3CCCCC3)cc2)c1. The van der Waals surface area contributed by atoms with Gasteiger partial charge in [-0.3, -0.25) is 4.79 Å². The normalized spacial score (nSPS) is 14.4. The first-order valence-corrected chi connectivity index (χ1v) is 9.44. The molecule has 5 nitrogen and oxygen atoms in total. The highest BCUT2D eigenvalue weighted by molar-refractivity contribution is 5.93. The van der Waals surface area contributed by atoms with E-state index in [9.17, 15) is 4.79 Å². The Morgan fingerprint density at radius 2 is 1.67 bits per heavy atom. The summed E-state index contributed by atoms with van der Waals surface area (Å²) < 4.78 is 16.1. The molecule has 0 saturated heterocycles. The van der Waals surface area contributed by atoms with Gasteiger partial charge in [-0.15, -0.1) is 0 Å². The second kappa shape index (κ2) is 9.31. The number of nitrogens with one attached hydrogen (secondary N) is 1. The molecule has 1 aliphatic carbocycles. The van der Waals surface area contributed by atoms with Crippen molar-refractivity contribution in [2.24, 2.45) is 0 Å². The molecule has 0 aliphatic heterocycles. The number of rotatable bonds is 7. The lowest BCUT2D eigenvalue weighted by Crippen LogP contribution is -2.20. The van der Waals surface area contributed by atoms with E-state index in [4.69, 9.17) is 14.2 Å². The topological polar surface area (TPSA) is 56.8 Å². The molecule has 2 aromatic carbocycles. The van der Waals surface area contributed by atoms with Crippen LogP contribution in [0.2, 0.25) is 0 Å². The van der Waals surface area contributed by atoms with Gasteiger partial charge in [0.05, 0.1) is 19.9 Å². The maximum Gasteiger partial charge on any atom is 0.262 e. The van der Waals surface area contributed by atoms with Crippen molar-refractivity contribution in [1.29, 1.82) is 0 Å². The van der Waals surface area contributed by atoms with Crippen LogP contribution in [-0.2, 0) is 4.79 Å². The maximum absolute atomic E-state index is 12.2. The maximum atomic E-state index is 12.2. The number of carbonyl (C=O) groups is 1. The Morgan fingerprint density at radius 1 is 0.963 bits per heavy atom. The molecule has 0 aromatic heterocycles. The summed E-state index contributed by atoms with van der Waals surface area (Å²) in [5, 5.41) is 2.80. The minimum atomic E-state index is -0.252. The second-order valence-electron chi connectivity index (χ2n) is 6.81. The van der Waals surface area contributed by atoms with Gasteiger partial charge in [-0.25, -0.2) is 0 Å². The van der Waals surface area contributed by atoms with E-state index in [1.165, 1.54) is 37.7 Å². The van der Waals surface area contributed by atoms with Crippen LogP contribution in [0.3, 0.4) is 0 Å². The Bertz CT molecular complexity index is 751. The van der Waals surface area contributed by atoms with Crippen LogP contribution in [0.15, 0.2) is 42.5 Å². The van der Waals surface area contributed by atoms with Gasteiger partial charge < -0.3 is 19.5 Å². The van der Waals surface area contributed by atoms with Crippen molar-refractivity contribution in [2.75, 3.05) is 26.1 Å². The van der Waals surface area contributed by atoms with Crippen LogP contribution in [-0.4, -0.2) is 26.7 Å². The van der Waals surface area contributed by atoms with Crippen molar-refractivity contribution in [1.82, 2.24) is 0 Å². The van der Waals surface area contributed by atoms with Crippen LogP contribution in [0.25, 0.3) is 0 Å². The highest BCUT2D eigenvalue weighted by atomic mass is 16.5. The van der Waals surface area contributed by atoms with Crippen molar-refractivity contribution in [3.63, 3.8) is 0 Å². The average Bonchev–Trinajstić information content (AvgIpc) is 2.73. The lowest BCUT2D eigenvalue weighted by atomic mass is 9.84. The smallest absolute Gasteiger partial charge is 0.262 e. The van der Waals surface area contributed by atoms with E-state index < -0.39 is 0 Å². The lowest BCUT2D eigenvalue weighted by Gasteiger charge is -2.22. The second-order valence-corrected chi connectivity index (χ2v) is 6.81. The molecule has 1 aliphatic rings.